The monoisotopic (exact) mass is 374 g/mol. The third kappa shape index (κ3) is 5.33. The molecule has 1 saturated carbocycles. The van der Waals surface area contributed by atoms with Gasteiger partial charge in [-0.15, -0.1) is 0 Å². The Kier molecular flexibility index (Phi) is 5.80. The third-order valence-corrected chi connectivity index (χ3v) is 4.22. The fourth-order valence-corrected chi connectivity index (χ4v) is 2.67. The molecule has 27 heavy (non-hydrogen) atoms. The molecule has 0 bridgehead atoms. The van der Waals surface area contributed by atoms with Crippen LogP contribution < -0.4 is 10.6 Å². The summed E-state index contributed by atoms with van der Waals surface area (Å²) in [5.74, 6) is 0.619. The van der Waals surface area contributed by atoms with Gasteiger partial charge in [-0.3, -0.25) is 10.1 Å². The van der Waals surface area contributed by atoms with Crippen LogP contribution in [0.15, 0.2) is 24.3 Å². The van der Waals surface area contributed by atoms with Gasteiger partial charge in [-0.1, -0.05) is 0 Å². The zero-order valence-electron chi connectivity index (χ0n) is 15.4. The molecule has 0 unspecified atom stereocenters. The number of nitrogens with zero attached hydrogens (tertiary/aromatic N) is 4. The van der Waals surface area contributed by atoms with Crippen LogP contribution >= 0.6 is 0 Å². The van der Waals surface area contributed by atoms with Crippen molar-refractivity contribution in [1.82, 2.24) is 14.9 Å². The smallest absolute Gasteiger partial charge is 0.306 e. The van der Waals surface area contributed by atoms with Crippen LogP contribution in [0.1, 0.15) is 30.9 Å². The molecule has 1 aromatic heterocycles. The van der Waals surface area contributed by atoms with E-state index in [0.717, 1.165) is 44.1 Å². The number of nitro benzene ring substituents is 1. The number of rotatable bonds is 9. The lowest BCUT2D eigenvalue weighted by Gasteiger charge is -2.12. The molecule has 1 aliphatic carbocycles. The molecule has 3 rings (SSSR count). The van der Waals surface area contributed by atoms with E-state index in [1.54, 1.807) is 0 Å². The van der Waals surface area contributed by atoms with Gasteiger partial charge >= 0.3 is 5.69 Å². The second-order valence-electron chi connectivity index (χ2n) is 6.91. The van der Waals surface area contributed by atoms with E-state index in [2.05, 4.69) is 25.5 Å². The average Bonchev–Trinajstić information content (AvgIpc) is 3.45. The van der Waals surface area contributed by atoms with Gasteiger partial charge < -0.3 is 15.5 Å². The number of hydrogen-bond acceptors (Lipinski definition) is 7. The second kappa shape index (κ2) is 8.26. The maximum atomic E-state index is 13.5. The molecule has 9 heteroatoms. The number of nitro groups is 1. The summed E-state index contributed by atoms with van der Waals surface area (Å²) in [6.45, 7) is 1.70. The van der Waals surface area contributed by atoms with Crippen molar-refractivity contribution in [3.63, 3.8) is 0 Å². The molecule has 0 aliphatic heterocycles. The van der Waals surface area contributed by atoms with Crippen molar-refractivity contribution < 1.29 is 9.31 Å². The first-order valence-corrected chi connectivity index (χ1v) is 8.91. The SMILES string of the molecule is CN(C)CCCNc1nc(Nc2ccc(F)c([N+](=O)[O-])c2)cc(C2CC2)n1. The molecule has 0 radical (unpaired) electrons. The lowest BCUT2D eigenvalue weighted by molar-refractivity contribution is -0.387. The molecule has 0 spiro atoms. The maximum absolute atomic E-state index is 13.5. The number of benzene rings is 1. The molecule has 0 amide bonds. The normalized spacial score (nSPS) is 13.6. The predicted octanol–water partition coefficient (Wildman–Crippen LogP) is 3.51. The Morgan fingerprint density at radius 1 is 1.30 bits per heavy atom. The third-order valence-electron chi connectivity index (χ3n) is 4.22. The number of halogens is 1. The minimum Gasteiger partial charge on any atom is -0.354 e. The highest BCUT2D eigenvalue weighted by Gasteiger charge is 2.26. The second-order valence-corrected chi connectivity index (χ2v) is 6.91. The molecule has 1 aromatic carbocycles. The van der Waals surface area contributed by atoms with Crippen LogP contribution in [-0.4, -0.2) is 47.0 Å². The lowest BCUT2D eigenvalue weighted by atomic mass is 10.2. The number of anilines is 3. The van der Waals surface area contributed by atoms with Gasteiger partial charge in [0.2, 0.25) is 11.8 Å². The van der Waals surface area contributed by atoms with Crippen molar-refractivity contribution in [2.45, 2.75) is 25.2 Å². The first-order chi connectivity index (χ1) is 12.9. The van der Waals surface area contributed by atoms with Crippen molar-refractivity contribution in [2.24, 2.45) is 0 Å². The average molecular weight is 374 g/mol. The summed E-state index contributed by atoms with van der Waals surface area (Å²) in [7, 11) is 4.04. The quantitative estimate of drug-likeness (QED) is 0.394. The van der Waals surface area contributed by atoms with Gasteiger partial charge in [0.05, 0.1) is 10.6 Å². The summed E-state index contributed by atoms with van der Waals surface area (Å²) in [5, 5.41) is 17.2. The fraction of sp³-hybridized carbons (Fsp3) is 0.444. The molecule has 2 aromatic rings. The number of nitrogens with one attached hydrogen (secondary N) is 2. The standard InChI is InChI=1S/C18H23FN6O2/c1-24(2)9-3-8-20-18-22-15(12-4-5-12)11-17(23-18)21-13-6-7-14(19)16(10-13)25(26)27/h6-7,10-12H,3-5,8-9H2,1-2H3,(H2,20,21,22,23). The first-order valence-electron chi connectivity index (χ1n) is 8.91. The Hall–Kier alpha value is -2.81. The molecule has 1 aliphatic rings. The van der Waals surface area contributed by atoms with Gasteiger partial charge in [0, 0.05) is 30.3 Å². The molecule has 0 saturated heterocycles. The minimum absolute atomic E-state index is 0.405. The predicted molar refractivity (Wildman–Crippen MR) is 102 cm³/mol. The van der Waals surface area contributed by atoms with Gasteiger partial charge in [0.15, 0.2) is 0 Å². The lowest BCUT2D eigenvalue weighted by Crippen LogP contribution is -2.17. The summed E-state index contributed by atoms with van der Waals surface area (Å²) >= 11 is 0. The summed E-state index contributed by atoms with van der Waals surface area (Å²) in [6, 6.07) is 5.53. The summed E-state index contributed by atoms with van der Waals surface area (Å²) in [6.07, 6.45) is 3.15. The van der Waals surface area contributed by atoms with E-state index in [-0.39, 0.29) is 0 Å². The molecule has 1 heterocycles. The zero-order chi connectivity index (χ0) is 19.4. The fourth-order valence-electron chi connectivity index (χ4n) is 2.67. The Balaban J connectivity index is 1.76. The van der Waals surface area contributed by atoms with E-state index in [4.69, 9.17) is 0 Å². The maximum Gasteiger partial charge on any atom is 0.306 e. The van der Waals surface area contributed by atoms with Gasteiger partial charge in [-0.2, -0.15) is 9.37 Å². The first kappa shape index (κ1) is 19.0. The van der Waals surface area contributed by atoms with E-state index in [1.165, 1.54) is 12.1 Å². The highest BCUT2D eigenvalue weighted by atomic mass is 19.1. The van der Waals surface area contributed by atoms with Gasteiger partial charge in [0.25, 0.3) is 0 Å². The largest absolute Gasteiger partial charge is 0.354 e. The minimum atomic E-state index is -0.866. The molecular formula is C18H23FN6O2. The van der Waals surface area contributed by atoms with E-state index < -0.39 is 16.4 Å². The Bertz CT molecular complexity index is 825. The van der Waals surface area contributed by atoms with Crippen LogP contribution in [0.25, 0.3) is 0 Å². The van der Waals surface area contributed by atoms with Crippen molar-refractivity contribution >= 4 is 23.1 Å². The summed E-state index contributed by atoms with van der Waals surface area (Å²) in [5.41, 5.74) is 0.778. The van der Waals surface area contributed by atoms with E-state index in [0.29, 0.717) is 23.4 Å². The number of hydrogen-bond donors (Lipinski definition) is 2. The Morgan fingerprint density at radius 2 is 2.07 bits per heavy atom. The van der Waals surface area contributed by atoms with E-state index in [9.17, 15) is 14.5 Å². The Labute approximate surface area is 157 Å². The molecule has 2 N–H and O–H groups in total. The van der Waals surface area contributed by atoms with Crippen molar-refractivity contribution in [3.05, 3.63) is 45.9 Å². The molecule has 0 atom stereocenters. The van der Waals surface area contributed by atoms with Gasteiger partial charge in [-0.05, 0) is 52.0 Å². The van der Waals surface area contributed by atoms with Crippen LogP contribution in [-0.2, 0) is 0 Å². The van der Waals surface area contributed by atoms with Crippen LogP contribution in [0.3, 0.4) is 0 Å². The van der Waals surface area contributed by atoms with Gasteiger partial charge in [-0.25, -0.2) is 4.98 Å². The molecule has 8 nitrogen and oxygen atoms in total. The van der Waals surface area contributed by atoms with Crippen LogP contribution in [0.4, 0.5) is 27.5 Å². The molecular weight excluding hydrogens is 351 g/mol. The van der Waals surface area contributed by atoms with Crippen molar-refractivity contribution in [3.8, 4) is 0 Å². The molecule has 1 fully saturated rings. The van der Waals surface area contributed by atoms with Gasteiger partial charge in [0.1, 0.15) is 5.82 Å². The zero-order valence-corrected chi connectivity index (χ0v) is 15.4. The highest BCUT2D eigenvalue weighted by molar-refractivity contribution is 5.61. The van der Waals surface area contributed by atoms with Crippen LogP contribution in [0.2, 0.25) is 0 Å². The van der Waals surface area contributed by atoms with Crippen molar-refractivity contribution in [1.29, 1.82) is 0 Å². The summed E-state index contributed by atoms with van der Waals surface area (Å²) < 4.78 is 13.5. The highest BCUT2D eigenvalue weighted by Crippen LogP contribution is 2.40. The Morgan fingerprint density at radius 3 is 2.74 bits per heavy atom. The van der Waals surface area contributed by atoms with E-state index in [1.807, 2.05) is 20.2 Å². The van der Waals surface area contributed by atoms with Crippen molar-refractivity contribution in [2.75, 3.05) is 37.8 Å². The van der Waals surface area contributed by atoms with Crippen LogP contribution in [0, 0.1) is 15.9 Å². The summed E-state index contributed by atoms with van der Waals surface area (Å²) in [4.78, 5) is 21.3. The molecule has 144 valence electrons. The topological polar surface area (TPSA) is 96.2 Å². The number of aromatic nitrogens is 2. The van der Waals surface area contributed by atoms with E-state index >= 15 is 0 Å². The van der Waals surface area contributed by atoms with Crippen LogP contribution in [0.5, 0.6) is 0 Å².